The van der Waals surface area contributed by atoms with Crippen molar-refractivity contribution >= 4 is 22.8 Å². The van der Waals surface area contributed by atoms with Gasteiger partial charge in [-0.05, 0) is 75.0 Å². The lowest BCUT2D eigenvalue weighted by Crippen LogP contribution is -2.53. The average Bonchev–Trinajstić information content (AvgIpc) is 3.17. The maximum absolute atomic E-state index is 13.7. The van der Waals surface area contributed by atoms with E-state index in [0.717, 1.165) is 19.3 Å². The zero-order valence-electron chi connectivity index (χ0n) is 20.6. The Kier molecular flexibility index (Phi) is 7.90. The van der Waals surface area contributed by atoms with E-state index < -0.39 is 16.9 Å². The second-order valence-electron chi connectivity index (χ2n) is 10.7. The van der Waals surface area contributed by atoms with Crippen LogP contribution in [-0.2, 0) is 18.1 Å². The van der Waals surface area contributed by atoms with Crippen molar-refractivity contribution < 1.29 is 18.1 Å². The summed E-state index contributed by atoms with van der Waals surface area (Å²) >= 11 is 0. The lowest BCUT2D eigenvalue weighted by atomic mass is 9.75. The molecule has 4 unspecified atom stereocenters. The van der Waals surface area contributed by atoms with Crippen LogP contribution < -0.4 is 0 Å². The third kappa shape index (κ3) is 4.28. The van der Waals surface area contributed by atoms with Gasteiger partial charge in [0.25, 0.3) is 14.3 Å². The van der Waals surface area contributed by atoms with E-state index >= 15 is 0 Å². The van der Waals surface area contributed by atoms with Crippen molar-refractivity contribution in [2.24, 2.45) is 17.3 Å². The van der Waals surface area contributed by atoms with Gasteiger partial charge in [-0.25, -0.2) is 0 Å². The summed E-state index contributed by atoms with van der Waals surface area (Å²) in [5, 5.41) is 0. The number of carbonyl (C=O) groups excluding carboxylic acids is 1. The minimum Gasteiger partial charge on any atom is -0.518 e. The fourth-order valence-electron chi connectivity index (χ4n) is 6.93. The van der Waals surface area contributed by atoms with Gasteiger partial charge >= 0.3 is 8.56 Å². The van der Waals surface area contributed by atoms with Gasteiger partial charge in [-0.15, -0.1) is 0 Å². The minimum atomic E-state index is -2.21. The maximum atomic E-state index is 13.7. The van der Waals surface area contributed by atoms with Crippen molar-refractivity contribution in [3.05, 3.63) is 0 Å². The van der Waals surface area contributed by atoms with Gasteiger partial charge in [0.1, 0.15) is 0 Å². The predicted molar refractivity (Wildman–Crippen MR) is 125 cm³/mol. The molecule has 2 aliphatic rings. The minimum absolute atomic E-state index is 0.0856. The standard InChI is InChI=1S/C23H46O4Si2/c1-11-25-28(10,26-12-2)21-14-20-13-19(21)15-23(20,9)22(24)27-29(16(3)4,17(5)6)18(7)8/h16-21H,11-15H2,1-10H3. The number of hydrogen-bond donors (Lipinski definition) is 0. The maximum Gasteiger partial charge on any atom is 0.338 e. The normalized spacial score (nSPS) is 30.0. The summed E-state index contributed by atoms with van der Waals surface area (Å²) in [7, 11) is -4.41. The van der Waals surface area contributed by atoms with E-state index in [9.17, 15) is 4.79 Å². The average molecular weight is 443 g/mol. The Bertz CT molecular complexity index is 549. The Hall–Kier alpha value is -0.176. The molecule has 0 amide bonds. The topological polar surface area (TPSA) is 44.8 Å². The molecule has 0 heterocycles. The zero-order chi connectivity index (χ0) is 22.2. The first kappa shape index (κ1) is 25.1. The fraction of sp³-hybridized carbons (Fsp3) is 0.957. The van der Waals surface area contributed by atoms with Crippen molar-refractivity contribution in [2.75, 3.05) is 13.2 Å². The first-order valence-corrected chi connectivity index (χ1v) is 16.4. The van der Waals surface area contributed by atoms with Gasteiger partial charge in [0, 0.05) is 18.8 Å². The van der Waals surface area contributed by atoms with Crippen LogP contribution in [0.3, 0.4) is 0 Å². The van der Waals surface area contributed by atoms with Crippen molar-refractivity contribution in [3.63, 3.8) is 0 Å². The Labute approximate surface area is 181 Å². The van der Waals surface area contributed by atoms with E-state index in [0.29, 0.717) is 47.2 Å². The highest BCUT2D eigenvalue weighted by molar-refractivity contribution is 6.79. The highest BCUT2D eigenvalue weighted by atomic mass is 28.4. The Morgan fingerprint density at radius 3 is 1.79 bits per heavy atom. The number of rotatable bonds is 10. The van der Waals surface area contributed by atoms with Crippen LogP contribution in [0.1, 0.15) is 81.6 Å². The van der Waals surface area contributed by atoms with Crippen LogP contribution in [-0.4, -0.2) is 36.1 Å². The number of fused-ring (bicyclic) bond motifs is 2. The summed E-state index contributed by atoms with van der Waals surface area (Å²) in [6.07, 6.45) is 3.11. The molecule has 2 bridgehead atoms. The van der Waals surface area contributed by atoms with E-state index in [1.807, 2.05) is 0 Å². The smallest absolute Gasteiger partial charge is 0.338 e. The van der Waals surface area contributed by atoms with E-state index in [-0.39, 0.29) is 11.4 Å². The first-order chi connectivity index (χ1) is 13.4. The lowest BCUT2D eigenvalue weighted by molar-refractivity contribution is -0.149. The van der Waals surface area contributed by atoms with Gasteiger partial charge in [-0.2, -0.15) is 0 Å². The molecule has 170 valence electrons. The molecule has 2 fully saturated rings. The molecule has 6 heteroatoms. The second-order valence-corrected chi connectivity index (χ2v) is 19.5. The second kappa shape index (κ2) is 9.13. The molecular weight excluding hydrogens is 396 g/mol. The third-order valence-electron chi connectivity index (χ3n) is 8.26. The summed E-state index contributed by atoms with van der Waals surface area (Å²) in [5.74, 6) is 1.01. The van der Waals surface area contributed by atoms with Crippen LogP contribution in [0.25, 0.3) is 0 Å². The van der Waals surface area contributed by atoms with Crippen LogP contribution in [0.5, 0.6) is 0 Å². The van der Waals surface area contributed by atoms with Crippen LogP contribution in [0.4, 0.5) is 0 Å². The summed E-state index contributed by atoms with van der Waals surface area (Å²) in [5.41, 5.74) is 1.43. The monoisotopic (exact) mass is 442 g/mol. The predicted octanol–water partition coefficient (Wildman–Crippen LogP) is 6.66. The molecule has 0 N–H and O–H groups in total. The number of carbonyl (C=O) groups is 1. The summed E-state index contributed by atoms with van der Waals surface area (Å²) < 4.78 is 19.1. The quantitative estimate of drug-likeness (QED) is 0.355. The Balaban J connectivity index is 2.21. The van der Waals surface area contributed by atoms with Crippen molar-refractivity contribution in [3.8, 4) is 0 Å². The summed E-state index contributed by atoms with van der Waals surface area (Å²) in [6.45, 7) is 23.5. The molecule has 0 aromatic carbocycles. The summed E-state index contributed by atoms with van der Waals surface area (Å²) in [4.78, 5) is 13.7. The van der Waals surface area contributed by atoms with Gasteiger partial charge in [-0.3, -0.25) is 4.79 Å². The van der Waals surface area contributed by atoms with Gasteiger partial charge in [0.2, 0.25) is 0 Å². The molecule has 2 rings (SSSR count). The molecule has 4 nitrogen and oxygen atoms in total. The van der Waals surface area contributed by atoms with Crippen LogP contribution >= 0.6 is 0 Å². The molecule has 4 atom stereocenters. The highest BCUT2D eigenvalue weighted by Gasteiger charge is 2.63. The molecule has 0 aromatic rings. The zero-order valence-corrected chi connectivity index (χ0v) is 22.6. The molecule has 29 heavy (non-hydrogen) atoms. The number of hydrogen-bond acceptors (Lipinski definition) is 4. The molecule has 0 aliphatic heterocycles. The van der Waals surface area contributed by atoms with Crippen LogP contribution in [0.15, 0.2) is 0 Å². The van der Waals surface area contributed by atoms with Crippen molar-refractivity contribution in [1.29, 1.82) is 0 Å². The van der Waals surface area contributed by atoms with Crippen LogP contribution in [0, 0.1) is 17.3 Å². The van der Waals surface area contributed by atoms with Gasteiger partial charge in [0.05, 0.1) is 5.41 Å². The molecule has 0 aromatic heterocycles. The SMILES string of the molecule is CCO[Si](C)(OCC)C1CC2CC1CC2(C)C(=O)O[Si](C(C)C)(C(C)C)C(C)C. The molecule has 2 saturated carbocycles. The van der Waals surface area contributed by atoms with Gasteiger partial charge in [-0.1, -0.05) is 41.5 Å². The Morgan fingerprint density at radius 1 is 0.966 bits per heavy atom. The largest absolute Gasteiger partial charge is 0.518 e. The molecular formula is C23H46O4Si2. The van der Waals surface area contributed by atoms with E-state index in [2.05, 4.69) is 68.9 Å². The Morgan fingerprint density at radius 2 is 1.45 bits per heavy atom. The molecule has 2 aliphatic carbocycles. The van der Waals surface area contributed by atoms with Gasteiger partial charge in [0.15, 0.2) is 0 Å². The van der Waals surface area contributed by atoms with E-state index in [1.54, 1.807) is 0 Å². The van der Waals surface area contributed by atoms with E-state index in [4.69, 9.17) is 13.3 Å². The highest BCUT2D eigenvalue weighted by Crippen LogP contribution is 2.64. The van der Waals surface area contributed by atoms with Crippen LogP contribution in [0.2, 0.25) is 28.7 Å². The van der Waals surface area contributed by atoms with Crippen molar-refractivity contribution in [1.82, 2.24) is 0 Å². The molecule has 0 saturated heterocycles. The third-order valence-corrected chi connectivity index (χ3v) is 18.0. The lowest BCUT2D eigenvalue weighted by Gasteiger charge is -2.46. The fourth-order valence-corrected chi connectivity index (χ4v) is 15.7. The van der Waals surface area contributed by atoms with E-state index in [1.165, 1.54) is 0 Å². The first-order valence-electron chi connectivity index (χ1n) is 11.9. The van der Waals surface area contributed by atoms with Crippen molar-refractivity contribution in [2.45, 2.75) is 110 Å². The van der Waals surface area contributed by atoms with Gasteiger partial charge < -0.3 is 13.3 Å². The molecule has 0 radical (unpaired) electrons. The summed E-state index contributed by atoms with van der Waals surface area (Å²) in [6, 6.07) is 0. The molecule has 0 spiro atoms.